The van der Waals surface area contributed by atoms with Gasteiger partial charge in [-0.2, -0.15) is 0 Å². The van der Waals surface area contributed by atoms with Crippen molar-refractivity contribution in [1.82, 2.24) is 4.98 Å². The summed E-state index contributed by atoms with van der Waals surface area (Å²) < 4.78 is 26.7. The first-order valence-corrected chi connectivity index (χ1v) is 8.10. The van der Waals surface area contributed by atoms with E-state index in [1.165, 1.54) is 18.2 Å². The van der Waals surface area contributed by atoms with Crippen molar-refractivity contribution in [2.45, 2.75) is 19.6 Å². The molecule has 0 bridgehead atoms. The van der Waals surface area contributed by atoms with Gasteiger partial charge < -0.3 is 0 Å². The van der Waals surface area contributed by atoms with Gasteiger partial charge in [0.25, 0.3) is 5.69 Å². The molecule has 0 saturated carbocycles. The Labute approximate surface area is 128 Å². The van der Waals surface area contributed by atoms with E-state index in [4.69, 9.17) is 0 Å². The van der Waals surface area contributed by atoms with Crippen LogP contribution in [0.1, 0.15) is 16.8 Å². The third-order valence-corrected chi connectivity index (χ3v) is 4.10. The smallest absolute Gasteiger partial charge is 0.267 e. The lowest BCUT2D eigenvalue weighted by molar-refractivity contribution is -0.385. The lowest BCUT2D eigenvalue weighted by Gasteiger charge is -2.09. The van der Waals surface area contributed by atoms with E-state index < -0.39 is 20.7 Å². The highest BCUT2D eigenvalue weighted by Gasteiger charge is 2.20. The van der Waals surface area contributed by atoms with Gasteiger partial charge in [0.05, 0.1) is 4.92 Å². The van der Waals surface area contributed by atoms with Crippen molar-refractivity contribution in [2.75, 3.05) is 4.72 Å². The van der Waals surface area contributed by atoms with Crippen LogP contribution in [0.2, 0.25) is 0 Å². The van der Waals surface area contributed by atoms with Gasteiger partial charge in [-0.3, -0.25) is 14.8 Å². The first-order valence-electron chi connectivity index (χ1n) is 6.45. The summed E-state index contributed by atoms with van der Waals surface area (Å²) in [5, 5.41) is 10.9. The fraction of sp³-hybridized carbons (Fsp3) is 0.214. The van der Waals surface area contributed by atoms with E-state index in [0.29, 0.717) is 5.69 Å². The minimum absolute atomic E-state index is 0.129. The molecule has 7 nitrogen and oxygen atoms in total. The van der Waals surface area contributed by atoms with Gasteiger partial charge in [-0.1, -0.05) is 18.2 Å². The summed E-state index contributed by atoms with van der Waals surface area (Å²) in [6.45, 7) is 3.58. The number of nitrogens with zero attached hydrogens (tertiary/aromatic N) is 2. The van der Waals surface area contributed by atoms with Crippen molar-refractivity contribution in [3.05, 3.63) is 63.3 Å². The fourth-order valence-electron chi connectivity index (χ4n) is 2.10. The van der Waals surface area contributed by atoms with E-state index in [1.807, 2.05) is 13.0 Å². The second kappa shape index (κ2) is 6.10. The first-order chi connectivity index (χ1) is 10.3. The summed E-state index contributed by atoms with van der Waals surface area (Å²) in [6.07, 6.45) is 0. The molecular weight excluding hydrogens is 306 g/mol. The molecule has 1 N–H and O–H groups in total. The molecule has 8 heteroatoms. The molecule has 0 aliphatic heterocycles. The van der Waals surface area contributed by atoms with Crippen LogP contribution in [0.4, 0.5) is 11.5 Å². The summed E-state index contributed by atoms with van der Waals surface area (Å²) in [5.41, 5.74) is 1.46. The van der Waals surface area contributed by atoms with Crippen molar-refractivity contribution in [2.24, 2.45) is 0 Å². The molecule has 1 heterocycles. The monoisotopic (exact) mass is 321 g/mol. The van der Waals surface area contributed by atoms with Crippen LogP contribution < -0.4 is 4.72 Å². The minimum atomic E-state index is -3.79. The number of hydrogen-bond donors (Lipinski definition) is 1. The zero-order valence-electron chi connectivity index (χ0n) is 12.1. The van der Waals surface area contributed by atoms with E-state index in [9.17, 15) is 18.5 Å². The number of nitrogens with one attached hydrogen (secondary N) is 1. The molecule has 2 rings (SSSR count). The maximum absolute atomic E-state index is 12.2. The number of anilines is 1. The minimum Gasteiger partial charge on any atom is -0.267 e. The molecule has 116 valence electrons. The van der Waals surface area contributed by atoms with Crippen molar-refractivity contribution in [1.29, 1.82) is 0 Å². The normalized spacial score (nSPS) is 11.2. The second-order valence-electron chi connectivity index (χ2n) is 4.92. The van der Waals surface area contributed by atoms with Crippen LogP contribution in [-0.4, -0.2) is 18.3 Å². The van der Waals surface area contributed by atoms with Crippen molar-refractivity contribution in [3.63, 3.8) is 0 Å². The predicted molar refractivity (Wildman–Crippen MR) is 83.1 cm³/mol. The number of aromatic nitrogens is 1. The van der Waals surface area contributed by atoms with Crippen molar-refractivity contribution >= 4 is 21.5 Å². The van der Waals surface area contributed by atoms with Crippen molar-refractivity contribution in [3.8, 4) is 0 Å². The average Bonchev–Trinajstić information content (AvgIpc) is 2.36. The number of benzene rings is 1. The highest BCUT2D eigenvalue weighted by Crippen LogP contribution is 2.21. The maximum Gasteiger partial charge on any atom is 0.273 e. The molecule has 0 amide bonds. The molecule has 2 aromatic rings. The number of aryl methyl sites for hydroxylation is 2. The largest absolute Gasteiger partial charge is 0.273 e. The number of sulfonamides is 1. The molecule has 0 aliphatic rings. The van der Waals surface area contributed by atoms with E-state index >= 15 is 0 Å². The predicted octanol–water partition coefficient (Wildman–Crippen LogP) is 2.55. The van der Waals surface area contributed by atoms with Gasteiger partial charge in [0.1, 0.15) is 11.6 Å². The molecule has 0 aliphatic carbocycles. The molecule has 1 aromatic heterocycles. The summed E-state index contributed by atoms with van der Waals surface area (Å²) in [4.78, 5) is 14.4. The van der Waals surface area contributed by atoms with Gasteiger partial charge in [0.2, 0.25) is 10.0 Å². The SMILES string of the molecule is Cc1cc(C)nc(NS(=O)(=O)Cc2ccccc2[N+](=O)[O-])c1. The zero-order chi connectivity index (χ0) is 16.3. The van der Waals surface area contributed by atoms with Crippen LogP contribution in [0, 0.1) is 24.0 Å². The molecule has 0 atom stereocenters. The Kier molecular flexibility index (Phi) is 4.41. The summed E-state index contributed by atoms with van der Waals surface area (Å²) >= 11 is 0. The quantitative estimate of drug-likeness (QED) is 0.673. The van der Waals surface area contributed by atoms with Gasteiger partial charge in [-0.05, 0) is 31.5 Å². The van der Waals surface area contributed by atoms with Crippen LogP contribution in [-0.2, 0) is 15.8 Å². The standard InChI is InChI=1S/C14H15N3O4S/c1-10-7-11(2)15-14(8-10)16-22(20,21)9-12-5-3-4-6-13(12)17(18)19/h3-8H,9H2,1-2H3,(H,15,16). The summed E-state index contributed by atoms with van der Waals surface area (Å²) in [5.74, 6) is -0.283. The molecule has 0 spiro atoms. The Morgan fingerprint density at radius 2 is 1.91 bits per heavy atom. The third-order valence-electron chi connectivity index (χ3n) is 2.89. The first kappa shape index (κ1) is 15.9. The Balaban J connectivity index is 2.27. The van der Waals surface area contributed by atoms with Gasteiger partial charge in [-0.15, -0.1) is 0 Å². The zero-order valence-corrected chi connectivity index (χ0v) is 12.9. The topological polar surface area (TPSA) is 102 Å². The van der Waals surface area contributed by atoms with Gasteiger partial charge in [0, 0.05) is 17.3 Å². The van der Waals surface area contributed by atoms with Crippen LogP contribution >= 0.6 is 0 Å². The molecular formula is C14H15N3O4S. The lowest BCUT2D eigenvalue weighted by Crippen LogP contribution is -2.17. The Morgan fingerprint density at radius 3 is 2.55 bits per heavy atom. The van der Waals surface area contributed by atoms with Gasteiger partial charge in [0.15, 0.2) is 0 Å². The number of nitro benzene ring substituents is 1. The van der Waals surface area contributed by atoms with Gasteiger partial charge >= 0.3 is 0 Å². The van der Waals surface area contributed by atoms with E-state index in [-0.39, 0.29) is 17.1 Å². The fourth-order valence-corrected chi connectivity index (χ4v) is 3.25. The highest BCUT2D eigenvalue weighted by atomic mass is 32.2. The van der Waals surface area contributed by atoms with Crippen LogP contribution in [0.3, 0.4) is 0 Å². The molecule has 0 radical (unpaired) electrons. The number of rotatable bonds is 5. The molecule has 0 saturated heterocycles. The highest BCUT2D eigenvalue weighted by molar-refractivity contribution is 7.91. The third kappa shape index (κ3) is 4.01. The van der Waals surface area contributed by atoms with E-state index in [2.05, 4.69) is 9.71 Å². The summed E-state index contributed by atoms with van der Waals surface area (Å²) in [6, 6.07) is 9.18. The molecule has 0 unspecified atom stereocenters. The molecule has 1 aromatic carbocycles. The number of nitro groups is 1. The van der Waals surface area contributed by atoms with Crippen LogP contribution in [0.25, 0.3) is 0 Å². The average molecular weight is 321 g/mol. The maximum atomic E-state index is 12.2. The van der Waals surface area contributed by atoms with Gasteiger partial charge in [-0.25, -0.2) is 13.4 Å². The second-order valence-corrected chi connectivity index (χ2v) is 6.64. The lowest BCUT2D eigenvalue weighted by atomic mass is 10.2. The van der Waals surface area contributed by atoms with Crippen LogP contribution in [0.15, 0.2) is 36.4 Å². The number of hydrogen-bond acceptors (Lipinski definition) is 5. The van der Waals surface area contributed by atoms with E-state index in [0.717, 1.165) is 5.56 Å². The molecule has 22 heavy (non-hydrogen) atoms. The number of para-hydroxylation sites is 1. The van der Waals surface area contributed by atoms with Crippen LogP contribution in [0.5, 0.6) is 0 Å². The number of pyridine rings is 1. The Bertz CT molecular complexity index is 798. The summed E-state index contributed by atoms with van der Waals surface area (Å²) in [7, 11) is -3.79. The van der Waals surface area contributed by atoms with E-state index in [1.54, 1.807) is 19.1 Å². The van der Waals surface area contributed by atoms with Crippen molar-refractivity contribution < 1.29 is 13.3 Å². The Morgan fingerprint density at radius 1 is 1.23 bits per heavy atom. The Hall–Kier alpha value is -2.48. The molecule has 0 fully saturated rings.